The molecule has 2 aliphatic rings. The largest absolute Gasteiger partial charge is 0.494 e. The molecule has 1 spiro atoms. The maximum atomic E-state index is 13.0. The van der Waals surface area contributed by atoms with Gasteiger partial charge in [0.2, 0.25) is 5.91 Å². The number of piperidine rings is 1. The first-order valence-corrected chi connectivity index (χ1v) is 12.6. The molecule has 0 saturated carbocycles. The lowest BCUT2D eigenvalue weighted by molar-refractivity contribution is -0.131. The van der Waals surface area contributed by atoms with Crippen LogP contribution in [0.25, 0.3) is 0 Å². The Bertz CT molecular complexity index is 908. The number of ether oxygens (including phenoxy) is 1. The highest BCUT2D eigenvalue weighted by atomic mass is 32.2. The van der Waals surface area contributed by atoms with Crippen LogP contribution in [0.1, 0.15) is 48.5 Å². The summed E-state index contributed by atoms with van der Waals surface area (Å²) in [5, 5.41) is 0. The van der Waals surface area contributed by atoms with Crippen molar-refractivity contribution in [3.05, 3.63) is 65.7 Å². The summed E-state index contributed by atoms with van der Waals surface area (Å²) in [6, 6.07) is 17.8. The summed E-state index contributed by atoms with van der Waals surface area (Å²) in [5.41, 5.74) is 1.95. The summed E-state index contributed by atoms with van der Waals surface area (Å²) in [7, 11) is 0. The number of unbranched alkanes of at least 4 members (excludes halogenated alkanes) is 1. The SMILES string of the molecule is CCCCOc1ccc(C(=O)N2CCC3(CC2)SCC(=O)N3CCc2ccccc2)cc1. The second-order valence-corrected chi connectivity index (χ2v) is 9.87. The Morgan fingerprint density at radius 1 is 1.06 bits per heavy atom. The smallest absolute Gasteiger partial charge is 0.253 e. The molecular weight excluding hydrogens is 420 g/mol. The van der Waals surface area contributed by atoms with Gasteiger partial charge in [0.05, 0.1) is 17.2 Å². The van der Waals surface area contributed by atoms with Gasteiger partial charge in [-0.15, -0.1) is 11.8 Å². The topological polar surface area (TPSA) is 49.9 Å². The van der Waals surface area contributed by atoms with Crippen LogP contribution in [0, 0.1) is 0 Å². The molecule has 0 radical (unpaired) electrons. The molecule has 2 aromatic carbocycles. The van der Waals surface area contributed by atoms with Gasteiger partial charge in [0.1, 0.15) is 5.75 Å². The standard InChI is InChI=1S/C26H32N2O3S/c1-2-3-19-31-23-11-9-22(10-12-23)25(30)27-17-14-26(15-18-27)28(24(29)20-32-26)16-13-21-7-5-4-6-8-21/h4-12H,2-3,13-20H2,1H3. The van der Waals surface area contributed by atoms with Crippen LogP contribution in [-0.2, 0) is 11.2 Å². The predicted octanol–water partition coefficient (Wildman–Crippen LogP) is 4.62. The van der Waals surface area contributed by atoms with Crippen LogP contribution in [0.2, 0.25) is 0 Å². The van der Waals surface area contributed by atoms with Gasteiger partial charge in [-0.25, -0.2) is 0 Å². The van der Waals surface area contributed by atoms with Gasteiger partial charge in [-0.3, -0.25) is 9.59 Å². The van der Waals surface area contributed by atoms with E-state index >= 15 is 0 Å². The normalized spacial score (nSPS) is 17.7. The van der Waals surface area contributed by atoms with Crippen molar-refractivity contribution < 1.29 is 14.3 Å². The summed E-state index contributed by atoms with van der Waals surface area (Å²) in [5.74, 6) is 1.64. The maximum Gasteiger partial charge on any atom is 0.253 e. The van der Waals surface area contributed by atoms with Crippen molar-refractivity contribution in [1.29, 1.82) is 0 Å². The first-order valence-electron chi connectivity index (χ1n) is 11.6. The van der Waals surface area contributed by atoms with E-state index in [1.54, 1.807) is 11.8 Å². The van der Waals surface area contributed by atoms with Crippen molar-refractivity contribution in [2.24, 2.45) is 0 Å². The zero-order chi connectivity index (χ0) is 22.4. The highest BCUT2D eigenvalue weighted by Crippen LogP contribution is 2.44. The van der Waals surface area contributed by atoms with Crippen molar-refractivity contribution in [3.8, 4) is 5.75 Å². The van der Waals surface area contributed by atoms with E-state index in [9.17, 15) is 9.59 Å². The van der Waals surface area contributed by atoms with Gasteiger partial charge in [-0.05, 0) is 55.5 Å². The van der Waals surface area contributed by atoms with Gasteiger partial charge in [-0.1, -0.05) is 43.7 Å². The monoisotopic (exact) mass is 452 g/mol. The number of hydrogen-bond donors (Lipinski definition) is 0. The third-order valence-corrected chi connectivity index (χ3v) is 7.98. The van der Waals surface area contributed by atoms with Crippen LogP contribution in [-0.4, -0.2) is 58.5 Å². The molecular formula is C26H32N2O3S. The number of amides is 2. The third kappa shape index (κ3) is 5.12. The summed E-state index contributed by atoms with van der Waals surface area (Å²) in [4.78, 5) is 29.5. The molecule has 2 aliphatic heterocycles. The van der Waals surface area contributed by atoms with Crippen LogP contribution in [0.4, 0.5) is 0 Å². The number of carbonyl (C=O) groups is 2. The molecule has 2 amide bonds. The maximum absolute atomic E-state index is 13.0. The Morgan fingerprint density at radius 3 is 2.47 bits per heavy atom. The molecule has 0 aliphatic carbocycles. The number of likely N-dealkylation sites (tertiary alicyclic amines) is 1. The fourth-order valence-electron chi connectivity index (χ4n) is 4.48. The predicted molar refractivity (Wildman–Crippen MR) is 129 cm³/mol. The number of rotatable bonds is 8. The molecule has 0 unspecified atom stereocenters. The molecule has 170 valence electrons. The molecule has 0 bridgehead atoms. The van der Waals surface area contributed by atoms with E-state index in [2.05, 4.69) is 24.0 Å². The molecule has 0 aromatic heterocycles. The minimum Gasteiger partial charge on any atom is -0.494 e. The van der Waals surface area contributed by atoms with Crippen molar-refractivity contribution in [2.45, 2.75) is 43.9 Å². The van der Waals surface area contributed by atoms with Gasteiger partial charge in [0.25, 0.3) is 5.91 Å². The molecule has 2 heterocycles. The molecule has 2 saturated heterocycles. The van der Waals surface area contributed by atoms with Crippen molar-refractivity contribution >= 4 is 23.6 Å². The molecule has 0 atom stereocenters. The van der Waals surface area contributed by atoms with Gasteiger partial charge in [-0.2, -0.15) is 0 Å². The zero-order valence-electron chi connectivity index (χ0n) is 18.8. The highest BCUT2D eigenvalue weighted by Gasteiger charge is 2.48. The summed E-state index contributed by atoms with van der Waals surface area (Å²) in [6.45, 7) is 4.93. The molecule has 2 aromatic rings. The highest BCUT2D eigenvalue weighted by molar-refractivity contribution is 8.01. The average Bonchev–Trinajstić information content (AvgIpc) is 3.13. The van der Waals surface area contributed by atoms with Crippen LogP contribution >= 0.6 is 11.8 Å². The molecule has 2 fully saturated rings. The first kappa shape index (κ1) is 22.7. The minimum absolute atomic E-state index is 0.0603. The van der Waals surface area contributed by atoms with E-state index in [0.29, 0.717) is 31.0 Å². The average molecular weight is 453 g/mol. The number of thioether (sulfide) groups is 1. The molecule has 0 N–H and O–H groups in total. The summed E-state index contributed by atoms with van der Waals surface area (Å²) in [6.07, 6.45) is 4.63. The van der Waals surface area contributed by atoms with Crippen molar-refractivity contribution in [2.75, 3.05) is 32.0 Å². The summed E-state index contributed by atoms with van der Waals surface area (Å²) < 4.78 is 5.70. The van der Waals surface area contributed by atoms with E-state index in [-0.39, 0.29) is 16.7 Å². The van der Waals surface area contributed by atoms with Crippen LogP contribution < -0.4 is 4.74 Å². The summed E-state index contributed by atoms with van der Waals surface area (Å²) >= 11 is 1.76. The van der Waals surface area contributed by atoms with Crippen LogP contribution in [0.5, 0.6) is 5.75 Å². The second-order valence-electron chi connectivity index (χ2n) is 8.53. The zero-order valence-corrected chi connectivity index (χ0v) is 19.6. The third-order valence-electron chi connectivity index (χ3n) is 6.42. The molecule has 6 heteroatoms. The Hall–Kier alpha value is -2.47. The Morgan fingerprint density at radius 2 is 1.78 bits per heavy atom. The lowest BCUT2D eigenvalue weighted by Crippen LogP contribution is -2.53. The molecule has 5 nitrogen and oxygen atoms in total. The number of hydrogen-bond acceptors (Lipinski definition) is 4. The fraction of sp³-hybridized carbons (Fsp3) is 0.462. The number of benzene rings is 2. The van der Waals surface area contributed by atoms with Gasteiger partial charge < -0.3 is 14.5 Å². The van der Waals surface area contributed by atoms with Crippen molar-refractivity contribution in [3.63, 3.8) is 0 Å². The van der Waals surface area contributed by atoms with Crippen LogP contribution in [0.3, 0.4) is 0 Å². The quantitative estimate of drug-likeness (QED) is 0.549. The second kappa shape index (κ2) is 10.4. The number of nitrogens with zero attached hydrogens (tertiary/aromatic N) is 2. The Balaban J connectivity index is 1.34. The Kier molecular flexibility index (Phi) is 7.40. The van der Waals surface area contributed by atoms with E-state index < -0.39 is 0 Å². The lowest BCUT2D eigenvalue weighted by Gasteiger charge is -2.44. The van der Waals surface area contributed by atoms with Crippen LogP contribution in [0.15, 0.2) is 54.6 Å². The van der Waals surface area contributed by atoms with E-state index in [1.165, 1.54) is 5.56 Å². The van der Waals surface area contributed by atoms with E-state index in [1.807, 2.05) is 47.4 Å². The van der Waals surface area contributed by atoms with Gasteiger partial charge >= 0.3 is 0 Å². The van der Waals surface area contributed by atoms with E-state index in [0.717, 1.165) is 44.4 Å². The molecule has 32 heavy (non-hydrogen) atoms. The Labute approximate surface area is 195 Å². The molecule has 4 rings (SSSR count). The van der Waals surface area contributed by atoms with Gasteiger partial charge in [0.15, 0.2) is 0 Å². The fourth-order valence-corrected chi connectivity index (χ4v) is 5.85. The number of carbonyl (C=O) groups excluding carboxylic acids is 2. The first-order chi connectivity index (χ1) is 15.6. The van der Waals surface area contributed by atoms with Gasteiger partial charge in [0, 0.05) is 25.2 Å². The van der Waals surface area contributed by atoms with E-state index in [4.69, 9.17) is 4.74 Å². The van der Waals surface area contributed by atoms with Crippen molar-refractivity contribution in [1.82, 2.24) is 9.80 Å². The minimum atomic E-state index is -0.167. The lowest BCUT2D eigenvalue weighted by atomic mass is 10.00.